The molecule has 0 radical (unpaired) electrons. The van der Waals surface area contributed by atoms with Crippen LogP contribution in [0.4, 0.5) is 0 Å². The van der Waals surface area contributed by atoms with Gasteiger partial charge in [-0.2, -0.15) is 0 Å². The molecule has 2 nitrogen and oxygen atoms in total. The molecule has 2 atom stereocenters. The number of hydrogen-bond acceptors (Lipinski definition) is 2. The maximum Gasteiger partial charge on any atom is 0.168 e. The second-order valence-corrected chi connectivity index (χ2v) is 5.00. The summed E-state index contributed by atoms with van der Waals surface area (Å²) < 4.78 is 6.55. The normalized spacial score (nSPS) is 24.6. The number of ketones is 1. The van der Waals surface area contributed by atoms with Crippen LogP contribution in [0, 0.1) is 5.92 Å². The maximum atomic E-state index is 12.2. The number of ether oxygens (including phenoxy) is 1. The van der Waals surface area contributed by atoms with Crippen LogP contribution in [-0.2, 0) is 4.74 Å². The zero-order valence-electron chi connectivity index (χ0n) is 9.28. The van der Waals surface area contributed by atoms with Crippen molar-refractivity contribution in [2.45, 2.75) is 25.9 Å². The van der Waals surface area contributed by atoms with Crippen LogP contribution < -0.4 is 0 Å². The first-order chi connectivity index (χ1) is 7.72. The Morgan fingerprint density at radius 3 is 2.75 bits per heavy atom. The number of benzene rings is 1. The molecule has 0 saturated carbocycles. The number of halogens is 1. The first kappa shape index (κ1) is 11.8. The molecular formula is C13H15BrO2. The number of rotatable bonds is 3. The van der Waals surface area contributed by atoms with Gasteiger partial charge < -0.3 is 4.74 Å². The monoisotopic (exact) mass is 282 g/mol. The van der Waals surface area contributed by atoms with Crippen molar-refractivity contribution in [3.05, 3.63) is 34.3 Å². The van der Waals surface area contributed by atoms with Gasteiger partial charge in [-0.05, 0) is 25.0 Å². The van der Waals surface area contributed by atoms with Crippen molar-refractivity contribution in [2.75, 3.05) is 6.61 Å². The standard InChI is InChI=1S/C13H15BrO2/c1-2-12-11(7-8-16-12)13(15)9-3-5-10(14)6-4-9/h3-6,11-12H,2,7-8H2,1H3. The van der Waals surface area contributed by atoms with Gasteiger partial charge in [-0.1, -0.05) is 35.0 Å². The van der Waals surface area contributed by atoms with Crippen LogP contribution in [0.25, 0.3) is 0 Å². The molecule has 86 valence electrons. The predicted octanol–water partition coefficient (Wildman–Crippen LogP) is 3.45. The second-order valence-electron chi connectivity index (χ2n) is 4.08. The van der Waals surface area contributed by atoms with E-state index in [9.17, 15) is 4.79 Å². The minimum Gasteiger partial charge on any atom is -0.377 e. The molecule has 0 N–H and O–H groups in total. The van der Waals surface area contributed by atoms with Gasteiger partial charge >= 0.3 is 0 Å². The Morgan fingerprint density at radius 2 is 2.12 bits per heavy atom. The summed E-state index contributed by atoms with van der Waals surface area (Å²) in [5.41, 5.74) is 0.789. The van der Waals surface area contributed by atoms with E-state index in [4.69, 9.17) is 4.74 Å². The lowest BCUT2D eigenvalue weighted by Gasteiger charge is -2.15. The summed E-state index contributed by atoms with van der Waals surface area (Å²) in [6, 6.07) is 7.56. The van der Waals surface area contributed by atoms with Gasteiger partial charge in [0.25, 0.3) is 0 Å². The van der Waals surface area contributed by atoms with Crippen molar-refractivity contribution in [1.82, 2.24) is 0 Å². The fourth-order valence-corrected chi connectivity index (χ4v) is 2.44. The molecule has 0 amide bonds. The van der Waals surface area contributed by atoms with Crippen molar-refractivity contribution in [3.63, 3.8) is 0 Å². The summed E-state index contributed by atoms with van der Waals surface area (Å²) in [4.78, 5) is 12.2. The van der Waals surface area contributed by atoms with Crippen LogP contribution in [0.2, 0.25) is 0 Å². The lowest BCUT2D eigenvalue weighted by atomic mass is 9.91. The highest BCUT2D eigenvalue weighted by Crippen LogP contribution is 2.27. The summed E-state index contributed by atoms with van der Waals surface area (Å²) in [5, 5.41) is 0. The van der Waals surface area contributed by atoms with E-state index in [0.717, 1.165) is 22.9 Å². The van der Waals surface area contributed by atoms with Gasteiger partial charge in [0.1, 0.15) is 0 Å². The van der Waals surface area contributed by atoms with E-state index in [0.29, 0.717) is 6.61 Å². The number of Topliss-reactive ketones (excluding diaryl/α,β-unsaturated/α-hetero) is 1. The van der Waals surface area contributed by atoms with E-state index in [1.54, 1.807) is 0 Å². The Labute approximate surface area is 104 Å². The van der Waals surface area contributed by atoms with E-state index in [1.807, 2.05) is 24.3 Å². The molecule has 1 aliphatic heterocycles. The number of carbonyl (C=O) groups excluding carboxylic acids is 1. The van der Waals surface area contributed by atoms with Crippen LogP contribution in [0.15, 0.2) is 28.7 Å². The van der Waals surface area contributed by atoms with Gasteiger partial charge in [-0.25, -0.2) is 0 Å². The Balaban J connectivity index is 2.15. The van der Waals surface area contributed by atoms with Gasteiger partial charge in [-0.15, -0.1) is 0 Å². The van der Waals surface area contributed by atoms with E-state index in [2.05, 4.69) is 22.9 Å². The van der Waals surface area contributed by atoms with Crippen LogP contribution in [0.5, 0.6) is 0 Å². The van der Waals surface area contributed by atoms with Crippen molar-refractivity contribution in [1.29, 1.82) is 0 Å². The van der Waals surface area contributed by atoms with Crippen LogP contribution in [0.3, 0.4) is 0 Å². The fourth-order valence-electron chi connectivity index (χ4n) is 2.18. The summed E-state index contributed by atoms with van der Waals surface area (Å²) in [6.45, 7) is 2.78. The average Bonchev–Trinajstić information content (AvgIpc) is 2.77. The molecule has 2 rings (SSSR count). The highest BCUT2D eigenvalue weighted by molar-refractivity contribution is 9.10. The summed E-state index contributed by atoms with van der Waals surface area (Å²) in [6.07, 6.45) is 1.87. The summed E-state index contributed by atoms with van der Waals surface area (Å²) in [7, 11) is 0. The Hall–Kier alpha value is -0.670. The second kappa shape index (κ2) is 5.11. The molecule has 0 aromatic heterocycles. The van der Waals surface area contributed by atoms with E-state index in [-0.39, 0.29) is 17.8 Å². The van der Waals surface area contributed by atoms with Crippen molar-refractivity contribution >= 4 is 21.7 Å². The lowest BCUT2D eigenvalue weighted by molar-refractivity contribution is 0.0689. The predicted molar refractivity (Wildman–Crippen MR) is 66.6 cm³/mol. The molecule has 2 unspecified atom stereocenters. The third-order valence-electron chi connectivity index (χ3n) is 3.08. The zero-order valence-corrected chi connectivity index (χ0v) is 10.9. The Bertz CT molecular complexity index is 372. The average molecular weight is 283 g/mol. The lowest BCUT2D eigenvalue weighted by Crippen LogP contribution is -2.23. The minimum absolute atomic E-state index is 0.0474. The smallest absolute Gasteiger partial charge is 0.168 e. The third-order valence-corrected chi connectivity index (χ3v) is 3.61. The molecule has 16 heavy (non-hydrogen) atoms. The van der Waals surface area contributed by atoms with E-state index >= 15 is 0 Å². The molecule has 3 heteroatoms. The maximum absolute atomic E-state index is 12.2. The molecule has 1 fully saturated rings. The molecular weight excluding hydrogens is 268 g/mol. The molecule has 1 aromatic carbocycles. The Kier molecular flexibility index (Phi) is 3.77. The number of carbonyl (C=O) groups is 1. The molecule has 1 heterocycles. The van der Waals surface area contributed by atoms with Gasteiger partial charge in [0.2, 0.25) is 0 Å². The summed E-state index contributed by atoms with van der Waals surface area (Å²) >= 11 is 3.37. The molecule has 0 bridgehead atoms. The molecule has 1 saturated heterocycles. The van der Waals surface area contributed by atoms with Crippen LogP contribution in [0.1, 0.15) is 30.1 Å². The first-order valence-corrected chi connectivity index (χ1v) is 6.43. The van der Waals surface area contributed by atoms with Gasteiger partial charge in [0.05, 0.1) is 12.0 Å². The molecule has 1 aliphatic rings. The summed E-state index contributed by atoms with van der Waals surface area (Å²) in [5.74, 6) is 0.267. The third kappa shape index (κ3) is 2.36. The van der Waals surface area contributed by atoms with Gasteiger partial charge in [0.15, 0.2) is 5.78 Å². The van der Waals surface area contributed by atoms with Crippen LogP contribution in [-0.4, -0.2) is 18.5 Å². The quantitative estimate of drug-likeness (QED) is 0.794. The Morgan fingerprint density at radius 1 is 1.44 bits per heavy atom. The number of hydrogen-bond donors (Lipinski definition) is 0. The SMILES string of the molecule is CCC1OCCC1C(=O)c1ccc(Br)cc1. The highest BCUT2D eigenvalue weighted by atomic mass is 79.9. The molecule has 1 aromatic rings. The fraction of sp³-hybridized carbons (Fsp3) is 0.462. The highest BCUT2D eigenvalue weighted by Gasteiger charge is 2.32. The molecule has 0 spiro atoms. The van der Waals surface area contributed by atoms with Crippen LogP contribution >= 0.6 is 15.9 Å². The van der Waals surface area contributed by atoms with Crippen molar-refractivity contribution in [2.24, 2.45) is 5.92 Å². The van der Waals surface area contributed by atoms with E-state index < -0.39 is 0 Å². The largest absolute Gasteiger partial charge is 0.377 e. The van der Waals surface area contributed by atoms with Gasteiger partial charge in [-0.3, -0.25) is 4.79 Å². The zero-order chi connectivity index (χ0) is 11.5. The minimum atomic E-state index is 0.0474. The van der Waals surface area contributed by atoms with E-state index in [1.165, 1.54) is 0 Å². The van der Waals surface area contributed by atoms with Gasteiger partial charge in [0, 0.05) is 16.6 Å². The van der Waals surface area contributed by atoms with Crippen molar-refractivity contribution < 1.29 is 9.53 Å². The van der Waals surface area contributed by atoms with Crippen molar-refractivity contribution in [3.8, 4) is 0 Å². The molecule has 0 aliphatic carbocycles. The first-order valence-electron chi connectivity index (χ1n) is 5.63. The topological polar surface area (TPSA) is 26.3 Å².